The first-order chi connectivity index (χ1) is 13.3. The third kappa shape index (κ3) is 4.88. The Morgan fingerprint density at radius 1 is 1.04 bits per heavy atom. The molecule has 0 bridgehead atoms. The van der Waals surface area contributed by atoms with E-state index < -0.39 is 15.7 Å². The van der Waals surface area contributed by atoms with Crippen molar-refractivity contribution in [3.63, 3.8) is 0 Å². The molecule has 28 heavy (non-hydrogen) atoms. The number of carbonyl (C=O) groups excluding carboxylic acids is 1. The number of hydrogen-bond donors (Lipinski definition) is 1. The molecule has 0 saturated heterocycles. The minimum absolute atomic E-state index is 0.00230. The first kappa shape index (κ1) is 19.9. The van der Waals surface area contributed by atoms with Gasteiger partial charge in [-0.1, -0.05) is 30.3 Å². The van der Waals surface area contributed by atoms with Crippen LogP contribution < -0.4 is 5.32 Å². The number of sulfone groups is 1. The first-order valence-corrected chi connectivity index (χ1v) is 10.4. The third-order valence-electron chi connectivity index (χ3n) is 4.08. The summed E-state index contributed by atoms with van der Waals surface area (Å²) in [5, 5.41) is 2.78. The van der Waals surface area contributed by atoms with Gasteiger partial charge >= 0.3 is 0 Å². The highest BCUT2D eigenvalue weighted by molar-refractivity contribution is 7.90. The molecule has 1 heterocycles. The molecule has 6 nitrogen and oxygen atoms in total. The quantitative estimate of drug-likeness (QED) is 0.658. The van der Waals surface area contributed by atoms with E-state index >= 15 is 0 Å². The lowest BCUT2D eigenvalue weighted by Crippen LogP contribution is -2.15. The van der Waals surface area contributed by atoms with Gasteiger partial charge in [-0.3, -0.25) is 4.79 Å². The van der Waals surface area contributed by atoms with Crippen molar-refractivity contribution < 1.29 is 17.6 Å². The van der Waals surface area contributed by atoms with E-state index in [0.717, 1.165) is 12.1 Å². The van der Waals surface area contributed by atoms with Gasteiger partial charge in [-0.25, -0.2) is 8.42 Å². The summed E-state index contributed by atoms with van der Waals surface area (Å²) in [7, 11) is 0.354. The molecule has 2 aromatic carbocycles. The number of nitrogens with zero attached hydrogens (tertiary/aromatic N) is 1. The fourth-order valence-corrected chi connectivity index (χ4v) is 4.24. The Balaban J connectivity index is 1.77. The lowest BCUT2D eigenvalue weighted by atomic mass is 10.2. The maximum absolute atomic E-state index is 12.6. The minimum Gasteiger partial charge on any atom is -0.459 e. The van der Waals surface area contributed by atoms with Crippen LogP contribution in [-0.2, 0) is 22.1 Å². The van der Waals surface area contributed by atoms with Crippen LogP contribution in [0.15, 0.2) is 76.2 Å². The fraction of sp³-hybridized carbons (Fsp3) is 0.190. The van der Waals surface area contributed by atoms with Crippen LogP contribution in [0, 0.1) is 0 Å². The topological polar surface area (TPSA) is 79.6 Å². The van der Waals surface area contributed by atoms with E-state index in [2.05, 4.69) is 5.32 Å². The molecule has 1 amide bonds. The van der Waals surface area contributed by atoms with Gasteiger partial charge in [0, 0.05) is 17.8 Å². The maximum atomic E-state index is 12.6. The maximum Gasteiger partial charge on any atom is 0.291 e. The van der Waals surface area contributed by atoms with E-state index in [0.29, 0.717) is 11.3 Å². The normalized spacial score (nSPS) is 11.5. The SMILES string of the molecule is CN(C)Cc1cccc(NC(=O)c2occc2CS(=O)(=O)c2ccccc2)c1. The second kappa shape index (κ2) is 8.41. The molecule has 146 valence electrons. The average molecular weight is 398 g/mol. The summed E-state index contributed by atoms with van der Waals surface area (Å²) in [6.45, 7) is 0.741. The summed E-state index contributed by atoms with van der Waals surface area (Å²) in [5.74, 6) is -0.792. The zero-order valence-corrected chi connectivity index (χ0v) is 16.6. The average Bonchev–Trinajstić information content (AvgIpc) is 3.10. The lowest BCUT2D eigenvalue weighted by molar-refractivity contribution is 0.0996. The fourth-order valence-electron chi connectivity index (χ4n) is 2.86. The highest BCUT2D eigenvalue weighted by atomic mass is 32.2. The van der Waals surface area contributed by atoms with Gasteiger partial charge < -0.3 is 14.6 Å². The van der Waals surface area contributed by atoms with Gasteiger partial charge in [0.2, 0.25) is 0 Å². The van der Waals surface area contributed by atoms with Crippen molar-refractivity contribution in [3.8, 4) is 0 Å². The van der Waals surface area contributed by atoms with Crippen LogP contribution in [0.4, 0.5) is 5.69 Å². The van der Waals surface area contributed by atoms with Crippen molar-refractivity contribution in [3.05, 3.63) is 83.8 Å². The number of anilines is 1. The Bertz CT molecular complexity index is 1060. The molecule has 0 fully saturated rings. The number of rotatable bonds is 7. The predicted molar refractivity (Wildman–Crippen MR) is 108 cm³/mol. The molecule has 7 heteroatoms. The van der Waals surface area contributed by atoms with Gasteiger partial charge in [-0.05, 0) is 50.0 Å². The van der Waals surface area contributed by atoms with Crippen molar-refractivity contribution in [2.45, 2.75) is 17.2 Å². The summed E-state index contributed by atoms with van der Waals surface area (Å²) in [5.41, 5.74) is 2.00. The van der Waals surface area contributed by atoms with Crippen LogP contribution in [0.2, 0.25) is 0 Å². The van der Waals surface area contributed by atoms with Gasteiger partial charge in [0.25, 0.3) is 5.91 Å². The molecule has 0 aliphatic carbocycles. The Hall–Kier alpha value is -2.90. The summed E-state index contributed by atoms with van der Waals surface area (Å²) in [6.07, 6.45) is 1.33. The molecule has 0 spiro atoms. The van der Waals surface area contributed by atoms with Gasteiger partial charge in [0.15, 0.2) is 15.6 Å². The number of amides is 1. The summed E-state index contributed by atoms with van der Waals surface area (Å²) < 4.78 is 30.5. The van der Waals surface area contributed by atoms with Gasteiger partial charge in [-0.2, -0.15) is 0 Å². The number of benzene rings is 2. The Labute approximate surface area is 164 Å². The minimum atomic E-state index is -3.58. The molecule has 0 unspecified atom stereocenters. The zero-order valence-electron chi connectivity index (χ0n) is 15.8. The second-order valence-corrected chi connectivity index (χ2v) is 8.73. The summed E-state index contributed by atoms with van der Waals surface area (Å²) in [6, 6.07) is 17.1. The number of hydrogen-bond acceptors (Lipinski definition) is 5. The number of carbonyl (C=O) groups is 1. The Morgan fingerprint density at radius 2 is 1.79 bits per heavy atom. The van der Waals surface area contributed by atoms with Crippen molar-refractivity contribution in [2.24, 2.45) is 0 Å². The monoisotopic (exact) mass is 398 g/mol. The Kier molecular flexibility index (Phi) is 5.96. The predicted octanol–water partition coefficient (Wildman–Crippen LogP) is 3.57. The van der Waals surface area contributed by atoms with Gasteiger partial charge in [0.1, 0.15) is 0 Å². The smallest absolute Gasteiger partial charge is 0.291 e. The van der Waals surface area contributed by atoms with E-state index in [1.165, 1.54) is 24.5 Å². The third-order valence-corrected chi connectivity index (χ3v) is 5.77. The van der Waals surface area contributed by atoms with Crippen molar-refractivity contribution in [2.75, 3.05) is 19.4 Å². The van der Waals surface area contributed by atoms with Crippen LogP contribution in [-0.4, -0.2) is 33.3 Å². The molecule has 0 radical (unpaired) electrons. The molecular formula is C21H22N2O4S. The number of nitrogens with one attached hydrogen (secondary N) is 1. The van der Waals surface area contributed by atoms with Crippen LogP contribution in [0.5, 0.6) is 0 Å². The van der Waals surface area contributed by atoms with E-state index in [9.17, 15) is 13.2 Å². The van der Waals surface area contributed by atoms with E-state index in [-0.39, 0.29) is 16.4 Å². The molecule has 0 saturated carbocycles. The molecule has 3 aromatic rings. The van der Waals surface area contributed by atoms with E-state index in [1.807, 2.05) is 37.2 Å². The molecule has 1 aromatic heterocycles. The molecule has 0 aliphatic heterocycles. The highest BCUT2D eigenvalue weighted by Crippen LogP contribution is 2.21. The second-order valence-electron chi connectivity index (χ2n) is 6.74. The van der Waals surface area contributed by atoms with Crippen molar-refractivity contribution in [1.82, 2.24) is 4.90 Å². The molecule has 1 N–H and O–H groups in total. The van der Waals surface area contributed by atoms with Crippen LogP contribution in [0.1, 0.15) is 21.7 Å². The highest BCUT2D eigenvalue weighted by Gasteiger charge is 2.22. The van der Waals surface area contributed by atoms with Crippen molar-refractivity contribution >= 4 is 21.4 Å². The van der Waals surface area contributed by atoms with Crippen LogP contribution in [0.25, 0.3) is 0 Å². The van der Waals surface area contributed by atoms with E-state index in [4.69, 9.17) is 4.42 Å². The molecule has 3 rings (SSSR count). The summed E-state index contributed by atoms with van der Waals surface area (Å²) >= 11 is 0. The largest absolute Gasteiger partial charge is 0.459 e. The number of furan rings is 1. The molecule has 0 aliphatic rings. The van der Waals surface area contributed by atoms with E-state index in [1.54, 1.807) is 24.3 Å². The lowest BCUT2D eigenvalue weighted by Gasteiger charge is -2.11. The van der Waals surface area contributed by atoms with Gasteiger partial charge in [0.05, 0.1) is 16.9 Å². The van der Waals surface area contributed by atoms with Crippen LogP contribution in [0.3, 0.4) is 0 Å². The van der Waals surface area contributed by atoms with Gasteiger partial charge in [-0.15, -0.1) is 0 Å². The van der Waals surface area contributed by atoms with Crippen molar-refractivity contribution in [1.29, 1.82) is 0 Å². The molecular weight excluding hydrogens is 376 g/mol. The van der Waals surface area contributed by atoms with Crippen LogP contribution >= 0.6 is 0 Å². The Morgan fingerprint density at radius 3 is 2.50 bits per heavy atom. The zero-order chi connectivity index (χ0) is 20.1. The standard InChI is InChI=1S/C21H22N2O4S/c1-23(2)14-16-7-6-8-18(13-16)22-21(24)20-17(11-12-27-20)15-28(25,26)19-9-4-3-5-10-19/h3-13H,14-15H2,1-2H3,(H,22,24). The molecule has 0 atom stereocenters. The first-order valence-electron chi connectivity index (χ1n) is 8.74. The summed E-state index contributed by atoms with van der Waals surface area (Å²) in [4.78, 5) is 14.9.